The molecule has 0 saturated carbocycles. The average Bonchev–Trinajstić information content (AvgIpc) is 2.42. The minimum Gasteiger partial charge on any atom is -0.382 e. The van der Waals surface area contributed by atoms with Crippen LogP contribution in [0.3, 0.4) is 0 Å². The number of amides is 1. The molecule has 1 aliphatic rings. The highest BCUT2D eigenvalue weighted by molar-refractivity contribution is 5.90. The number of nitrogens with one attached hydrogen (secondary N) is 2. The lowest BCUT2D eigenvalue weighted by molar-refractivity contribution is -0.114. The van der Waals surface area contributed by atoms with Crippen LogP contribution >= 0.6 is 0 Å². The van der Waals surface area contributed by atoms with Crippen molar-refractivity contribution in [3.05, 3.63) is 23.8 Å². The van der Waals surface area contributed by atoms with Crippen molar-refractivity contribution in [1.29, 1.82) is 0 Å². The summed E-state index contributed by atoms with van der Waals surface area (Å²) in [6, 6.07) is 6.62. The van der Waals surface area contributed by atoms with Gasteiger partial charge < -0.3 is 15.5 Å². The summed E-state index contributed by atoms with van der Waals surface area (Å²) >= 11 is 0. The molecule has 4 nitrogen and oxygen atoms in total. The average molecular weight is 289 g/mol. The molecule has 1 aromatic carbocycles. The van der Waals surface area contributed by atoms with Gasteiger partial charge >= 0.3 is 0 Å². The van der Waals surface area contributed by atoms with E-state index in [-0.39, 0.29) is 5.91 Å². The topological polar surface area (TPSA) is 44.4 Å². The van der Waals surface area contributed by atoms with Gasteiger partial charge in [0.15, 0.2) is 0 Å². The molecule has 0 radical (unpaired) electrons. The molecule has 0 aliphatic carbocycles. The minimum absolute atomic E-state index is 0.0291. The molecule has 1 amide bonds. The molecule has 4 heteroatoms. The lowest BCUT2D eigenvalue weighted by Gasteiger charge is -2.33. The SMILES string of the molecule is CC(=O)Nc1cc(NC(C)C2CCN(C)CC2)ccc1C. The molecule has 1 atom stereocenters. The fraction of sp³-hybridized carbons (Fsp3) is 0.588. The Morgan fingerprint density at radius 3 is 2.62 bits per heavy atom. The summed E-state index contributed by atoms with van der Waals surface area (Å²) in [7, 11) is 2.19. The summed E-state index contributed by atoms with van der Waals surface area (Å²) in [6.07, 6.45) is 2.49. The van der Waals surface area contributed by atoms with E-state index in [1.165, 1.54) is 25.9 Å². The maximum atomic E-state index is 11.2. The standard InChI is InChI=1S/C17H27N3O/c1-12-5-6-16(11-17(12)19-14(3)21)18-13(2)15-7-9-20(4)10-8-15/h5-6,11,13,15,18H,7-10H2,1-4H3,(H,19,21). The van der Waals surface area contributed by atoms with Crippen LogP contribution in [0, 0.1) is 12.8 Å². The van der Waals surface area contributed by atoms with E-state index in [0.717, 1.165) is 16.9 Å². The Morgan fingerprint density at radius 2 is 2.00 bits per heavy atom. The predicted molar refractivity (Wildman–Crippen MR) is 88.8 cm³/mol. The number of aryl methyl sites for hydroxylation is 1. The molecule has 1 saturated heterocycles. The molecule has 1 unspecified atom stereocenters. The van der Waals surface area contributed by atoms with Crippen LogP contribution < -0.4 is 10.6 Å². The molecule has 21 heavy (non-hydrogen) atoms. The molecule has 0 bridgehead atoms. The van der Waals surface area contributed by atoms with Gasteiger partial charge in [-0.05, 0) is 70.4 Å². The molecular formula is C17H27N3O. The quantitative estimate of drug-likeness (QED) is 0.895. The summed E-state index contributed by atoms with van der Waals surface area (Å²) in [5, 5.41) is 6.48. The van der Waals surface area contributed by atoms with E-state index in [4.69, 9.17) is 0 Å². The first-order valence-corrected chi connectivity index (χ1v) is 7.79. The molecule has 2 rings (SSSR count). The molecule has 0 spiro atoms. The molecule has 1 aromatic rings. The minimum atomic E-state index is -0.0291. The zero-order chi connectivity index (χ0) is 15.4. The second-order valence-electron chi connectivity index (χ2n) is 6.28. The van der Waals surface area contributed by atoms with Crippen LogP contribution in [0.4, 0.5) is 11.4 Å². The number of carbonyl (C=O) groups excluding carboxylic acids is 1. The van der Waals surface area contributed by atoms with E-state index >= 15 is 0 Å². The third-order valence-corrected chi connectivity index (χ3v) is 4.41. The molecule has 1 fully saturated rings. The van der Waals surface area contributed by atoms with E-state index in [1.54, 1.807) is 6.92 Å². The number of rotatable bonds is 4. The second-order valence-corrected chi connectivity index (χ2v) is 6.28. The van der Waals surface area contributed by atoms with Crippen molar-refractivity contribution in [1.82, 2.24) is 4.90 Å². The van der Waals surface area contributed by atoms with Gasteiger partial charge in [-0.1, -0.05) is 6.07 Å². The van der Waals surface area contributed by atoms with Crippen LogP contribution in [0.5, 0.6) is 0 Å². The monoisotopic (exact) mass is 289 g/mol. The van der Waals surface area contributed by atoms with Crippen LogP contribution in [0.25, 0.3) is 0 Å². The van der Waals surface area contributed by atoms with Gasteiger partial charge in [0, 0.05) is 24.3 Å². The van der Waals surface area contributed by atoms with Crippen LogP contribution in [0.15, 0.2) is 18.2 Å². The predicted octanol–water partition coefficient (Wildman–Crippen LogP) is 3.10. The first-order valence-electron chi connectivity index (χ1n) is 7.79. The number of hydrogen-bond donors (Lipinski definition) is 2. The molecule has 1 aliphatic heterocycles. The molecule has 1 heterocycles. The van der Waals surface area contributed by atoms with Gasteiger partial charge in [-0.3, -0.25) is 4.79 Å². The van der Waals surface area contributed by atoms with E-state index in [0.29, 0.717) is 12.0 Å². The van der Waals surface area contributed by atoms with Gasteiger partial charge in [0.2, 0.25) is 5.91 Å². The van der Waals surface area contributed by atoms with Crippen molar-refractivity contribution in [3.8, 4) is 0 Å². The summed E-state index contributed by atoms with van der Waals surface area (Å²) in [5.41, 5.74) is 3.06. The molecule has 116 valence electrons. The van der Waals surface area contributed by atoms with Gasteiger partial charge in [0.25, 0.3) is 0 Å². The van der Waals surface area contributed by atoms with Crippen molar-refractivity contribution in [3.63, 3.8) is 0 Å². The first kappa shape index (κ1) is 15.8. The Hall–Kier alpha value is -1.55. The largest absolute Gasteiger partial charge is 0.382 e. The lowest BCUT2D eigenvalue weighted by atomic mass is 9.90. The highest BCUT2D eigenvalue weighted by Crippen LogP contribution is 2.25. The van der Waals surface area contributed by atoms with E-state index in [1.807, 2.05) is 13.0 Å². The number of nitrogens with zero attached hydrogens (tertiary/aromatic N) is 1. The molecule has 0 aromatic heterocycles. The summed E-state index contributed by atoms with van der Waals surface area (Å²) in [5.74, 6) is 0.685. The number of piperidine rings is 1. The van der Waals surface area contributed by atoms with Crippen molar-refractivity contribution in [2.75, 3.05) is 30.8 Å². The number of hydrogen-bond acceptors (Lipinski definition) is 3. The molecule has 2 N–H and O–H groups in total. The smallest absolute Gasteiger partial charge is 0.221 e. The summed E-state index contributed by atoms with van der Waals surface area (Å²) < 4.78 is 0. The summed E-state index contributed by atoms with van der Waals surface area (Å²) in [4.78, 5) is 13.6. The zero-order valence-corrected chi connectivity index (χ0v) is 13.6. The van der Waals surface area contributed by atoms with Crippen LogP contribution in [0.2, 0.25) is 0 Å². The Bertz CT molecular complexity index is 493. The Morgan fingerprint density at radius 1 is 1.33 bits per heavy atom. The van der Waals surface area contributed by atoms with E-state index in [2.05, 4.69) is 41.6 Å². The maximum Gasteiger partial charge on any atom is 0.221 e. The number of anilines is 2. The van der Waals surface area contributed by atoms with Crippen LogP contribution in [-0.4, -0.2) is 37.0 Å². The van der Waals surface area contributed by atoms with E-state index in [9.17, 15) is 4.79 Å². The van der Waals surface area contributed by atoms with Gasteiger partial charge in [-0.2, -0.15) is 0 Å². The first-order chi connectivity index (χ1) is 9.95. The Kier molecular flexibility index (Phi) is 5.23. The van der Waals surface area contributed by atoms with Gasteiger partial charge in [-0.25, -0.2) is 0 Å². The van der Waals surface area contributed by atoms with Gasteiger partial charge in [0.1, 0.15) is 0 Å². The van der Waals surface area contributed by atoms with Gasteiger partial charge in [0.05, 0.1) is 0 Å². The summed E-state index contributed by atoms with van der Waals surface area (Å²) in [6.45, 7) is 8.17. The number of likely N-dealkylation sites (tertiary alicyclic amines) is 1. The Labute approximate surface area is 127 Å². The second kappa shape index (κ2) is 6.94. The Balaban J connectivity index is 2.00. The highest BCUT2D eigenvalue weighted by atomic mass is 16.1. The third kappa shape index (κ3) is 4.46. The van der Waals surface area contributed by atoms with Crippen LogP contribution in [0.1, 0.15) is 32.3 Å². The number of carbonyl (C=O) groups is 1. The molecular weight excluding hydrogens is 262 g/mol. The normalized spacial score (nSPS) is 18.3. The fourth-order valence-electron chi connectivity index (χ4n) is 2.95. The van der Waals surface area contributed by atoms with Crippen molar-refractivity contribution >= 4 is 17.3 Å². The van der Waals surface area contributed by atoms with Crippen molar-refractivity contribution < 1.29 is 4.79 Å². The number of benzene rings is 1. The highest BCUT2D eigenvalue weighted by Gasteiger charge is 2.22. The van der Waals surface area contributed by atoms with Crippen LogP contribution in [-0.2, 0) is 4.79 Å². The van der Waals surface area contributed by atoms with E-state index < -0.39 is 0 Å². The fourth-order valence-corrected chi connectivity index (χ4v) is 2.95. The van der Waals surface area contributed by atoms with Crippen molar-refractivity contribution in [2.45, 2.75) is 39.7 Å². The zero-order valence-electron chi connectivity index (χ0n) is 13.6. The lowest BCUT2D eigenvalue weighted by Crippen LogP contribution is -2.37. The maximum absolute atomic E-state index is 11.2. The van der Waals surface area contributed by atoms with Crippen molar-refractivity contribution in [2.24, 2.45) is 5.92 Å². The third-order valence-electron chi connectivity index (χ3n) is 4.41. The van der Waals surface area contributed by atoms with Gasteiger partial charge in [-0.15, -0.1) is 0 Å².